The first-order chi connectivity index (χ1) is 13.9. The molecule has 0 aromatic heterocycles. The molecule has 4 rings (SSSR count). The third kappa shape index (κ3) is 2.08. The number of ether oxygens (including phenoxy) is 2. The van der Waals surface area contributed by atoms with Crippen molar-refractivity contribution in [2.24, 2.45) is 16.7 Å². The fourth-order valence-electron chi connectivity index (χ4n) is 4.58. The van der Waals surface area contributed by atoms with Crippen LogP contribution in [0.1, 0.15) is 29.7 Å². The van der Waals surface area contributed by atoms with Gasteiger partial charge in [-0.25, -0.2) is 0 Å². The Kier molecular flexibility index (Phi) is 3.98. The lowest BCUT2D eigenvalue weighted by atomic mass is 9.53. The van der Waals surface area contributed by atoms with Crippen molar-refractivity contribution in [3.63, 3.8) is 0 Å². The second-order valence-electron chi connectivity index (χ2n) is 7.55. The van der Waals surface area contributed by atoms with Crippen molar-refractivity contribution < 1.29 is 9.47 Å². The molecule has 2 aliphatic heterocycles. The molecule has 29 heavy (non-hydrogen) atoms. The highest BCUT2D eigenvalue weighted by atomic mass is 16.7. The van der Waals surface area contributed by atoms with E-state index in [1.54, 1.807) is 31.2 Å². The molecule has 2 aliphatic rings. The lowest BCUT2D eigenvalue weighted by Gasteiger charge is -2.48. The molecule has 6 nitrogen and oxygen atoms in total. The third-order valence-corrected chi connectivity index (χ3v) is 6.22. The van der Waals surface area contributed by atoms with E-state index in [1.165, 1.54) is 0 Å². The van der Waals surface area contributed by atoms with Gasteiger partial charge in [-0.3, -0.25) is 5.41 Å². The maximum absolute atomic E-state index is 10.2. The maximum atomic E-state index is 10.2. The molecule has 1 N–H and O–H groups in total. The Balaban J connectivity index is 2.04. The van der Waals surface area contributed by atoms with Crippen LogP contribution in [0.25, 0.3) is 0 Å². The third-order valence-electron chi connectivity index (χ3n) is 6.22. The van der Waals surface area contributed by atoms with Crippen molar-refractivity contribution in [3.8, 4) is 18.2 Å². The summed E-state index contributed by atoms with van der Waals surface area (Å²) in [6.45, 7) is 3.65. The van der Waals surface area contributed by atoms with Crippen LogP contribution in [0, 0.1) is 63.1 Å². The molecule has 2 saturated heterocycles. The van der Waals surface area contributed by atoms with Crippen LogP contribution in [0.5, 0.6) is 0 Å². The monoisotopic (exact) mass is 382 g/mol. The second-order valence-corrected chi connectivity index (χ2v) is 7.55. The maximum Gasteiger partial charge on any atom is 0.244 e. The number of rotatable bonds is 2. The molecule has 0 amide bonds. The zero-order valence-corrected chi connectivity index (χ0v) is 16.0. The summed E-state index contributed by atoms with van der Waals surface area (Å²) in [5, 5.41) is 39.1. The highest BCUT2D eigenvalue weighted by Crippen LogP contribution is 2.68. The molecule has 2 heterocycles. The van der Waals surface area contributed by atoms with Gasteiger partial charge in [-0.1, -0.05) is 67.1 Å². The Bertz CT molecular complexity index is 1090. The summed E-state index contributed by atoms with van der Waals surface area (Å²) >= 11 is 0. The van der Waals surface area contributed by atoms with Gasteiger partial charge in [0.1, 0.15) is 6.10 Å². The molecular formula is C23H18N4O2. The summed E-state index contributed by atoms with van der Waals surface area (Å²) < 4.78 is 12.4. The number of nitrogens with zero attached hydrogens (tertiary/aromatic N) is 3. The summed E-state index contributed by atoms with van der Waals surface area (Å²) in [7, 11) is 0. The highest BCUT2D eigenvalue weighted by molar-refractivity contribution is 5.89. The van der Waals surface area contributed by atoms with Crippen LogP contribution >= 0.6 is 0 Å². The predicted molar refractivity (Wildman–Crippen MR) is 103 cm³/mol. The molecule has 2 aromatic carbocycles. The number of benzene rings is 2. The molecule has 2 fully saturated rings. The summed E-state index contributed by atoms with van der Waals surface area (Å²) in [4.78, 5) is 0. The molecule has 6 heteroatoms. The Morgan fingerprint density at radius 1 is 0.931 bits per heavy atom. The Morgan fingerprint density at radius 2 is 1.55 bits per heavy atom. The molecule has 4 atom stereocenters. The number of hydrogen-bond acceptors (Lipinski definition) is 6. The number of fused-ring (bicyclic) bond motifs is 2. The standard InChI is InChI=1S/C23H18N4O2/c1-15-8-10-18(11-9-15)23-16(2)22(14-26,20(27)29-23)21(12-24,13-25)19(28-23)17-6-4-3-5-7-17/h3-11,16,19,27H,1-2H3. The average Bonchev–Trinajstić information content (AvgIpc) is 2.91. The Labute approximate surface area is 169 Å². The van der Waals surface area contributed by atoms with Crippen LogP contribution in [-0.4, -0.2) is 5.90 Å². The van der Waals surface area contributed by atoms with Gasteiger partial charge >= 0.3 is 0 Å². The average molecular weight is 382 g/mol. The Hall–Kier alpha value is -3.66. The van der Waals surface area contributed by atoms with Crippen molar-refractivity contribution in [1.29, 1.82) is 21.2 Å². The zero-order chi connectivity index (χ0) is 20.9. The molecule has 4 unspecified atom stereocenters. The van der Waals surface area contributed by atoms with Gasteiger partial charge in [-0.15, -0.1) is 0 Å². The van der Waals surface area contributed by atoms with Crippen LogP contribution in [0.15, 0.2) is 54.6 Å². The summed E-state index contributed by atoms with van der Waals surface area (Å²) in [6, 6.07) is 22.6. The zero-order valence-electron chi connectivity index (χ0n) is 16.0. The molecule has 2 bridgehead atoms. The van der Waals surface area contributed by atoms with E-state index in [1.807, 2.05) is 49.4 Å². The van der Waals surface area contributed by atoms with E-state index in [-0.39, 0.29) is 0 Å². The van der Waals surface area contributed by atoms with Crippen molar-refractivity contribution in [2.45, 2.75) is 25.7 Å². The van der Waals surface area contributed by atoms with Crippen LogP contribution in [0.3, 0.4) is 0 Å². The van der Waals surface area contributed by atoms with Crippen LogP contribution < -0.4 is 0 Å². The normalized spacial score (nSPS) is 31.8. The molecule has 0 spiro atoms. The Morgan fingerprint density at radius 3 is 2.10 bits per heavy atom. The molecule has 0 radical (unpaired) electrons. The predicted octanol–water partition coefficient (Wildman–Crippen LogP) is 4.11. The summed E-state index contributed by atoms with van der Waals surface area (Å²) in [5.41, 5.74) is -1.46. The van der Waals surface area contributed by atoms with Gasteiger partial charge in [0.15, 0.2) is 5.41 Å². The lowest BCUT2D eigenvalue weighted by molar-refractivity contribution is -0.288. The second kappa shape index (κ2) is 6.17. The van der Waals surface area contributed by atoms with E-state index in [2.05, 4.69) is 6.07 Å². The van der Waals surface area contributed by atoms with E-state index in [9.17, 15) is 15.8 Å². The van der Waals surface area contributed by atoms with Gasteiger partial charge in [-0.05, 0) is 12.5 Å². The van der Waals surface area contributed by atoms with Gasteiger partial charge in [0.25, 0.3) is 0 Å². The van der Waals surface area contributed by atoms with E-state index in [0.717, 1.165) is 5.56 Å². The minimum atomic E-state index is -1.94. The van der Waals surface area contributed by atoms with Crippen LogP contribution in [-0.2, 0) is 15.3 Å². The molecule has 0 aliphatic carbocycles. The minimum Gasteiger partial charge on any atom is -0.443 e. The number of nitriles is 3. The minimum absolute atomic E-state index is 0.408. The highest BCUT2D eigenvalue weighted by Gasteiger charge is 2.79. The fraction of sp³-hybridized carbons (Fsp3) is 0.304. The number of aryl methyl sites for hydroxylation is 1. The summed E-state index contributed by atoms with van der Waals surface area (Å²) in [6.07, 6.45) is -1.07. The first-order valence-electron chi connectivity index (χ1n) is 9.23. The van der Waals surface area contributed by atoms with Crippen molar-refractivity contribution in [2.75, 3.05) is 0 Å². The number of nitrogens with one attached hydrogen (secondary N) is 1. The van der Waals surface area contributed by atoms with Crippen LogP contribution in [0.4, 0.5) is 0 Å². The largest absolute Gasteiger partial charge is 0.443 e. The van der Waals surface area contributed by atoms with Crippen molar-refractivity contribution in [1.82, 2.24) is 0 Å². The van der Waals surface area contributed by atoms with Gasteiger partial charge in [-0.2, -0.15) is 15.8 Å². The van der Waals surface area contributed by atoms with Gasteiger partial charge in [0, 0.05) is 5.56 Å². The van der Waals surface area contributed by atoms with Crippen molar-refractivity contribution >= 4 is 5.90 Å². The first kappa shape index (κ1) is 18.7. The molecule has 0 saturated carbocycles. The number of hydrogen-bond donors (Lipinski definition) is 1. The topological polar surface area (TPSA) is 114 Å². The fourth-order valence-corrected chi connectivity index (χ4v) is 4.58. The van der Waals surface area contributed by atoms with Crippen molar-refractivity contribution in [3.05, 3.63) is 71.3 Å². The lowest BCUT2D eigenvalue weighted by Crippen LogP contribution is -2.57. The van der Waals surface area contributed by atoms with Gasteiger partial charge in [0.05, 0.1) is 24.1 Å². The molecular weight excluding hydrogens is 364 g/mol. The molecule has 142 valence electrons. The van der Waals surface area contributed by atoms with Gasteiger partial charge < -0.3 is 9.47 Å². The van der Waals surface area contributed by atoms with E-state index in [0.29, 0.717) is 11.1 Å². The molecule has 2 aromatic rings. The first-order valence-corrected chi connectivity index (χ1v) is 9.23. The SMILES string of the molecule is Cc1ccc(C23OC(=N)C(C#N)(C2C)C(C#N)(C#N)C(c2ccccc2)O3)cc1. The van der Waals surface area contributed by atoms with Crippen LogP contribution in [0.2, 0.25) is 0 Å². The summed E-state index contributed by atoms with van der Waals surface area (Å²) in [5.74, 6) is -2.61. The van der Waals surface area contributed by atoms with Gasteiger partial charge in [0.2, 0.25) is 17.1 Å². The van der Waals surface area contributed by atoms with E-state index < -0.39 is 34.5 Å². The van der Waals surface area contributed by atoms with E-state index >= 15 is 0 Å². The van der Waals surface area contributed by atoms with E-state index in [4.69, 9.17) is 14.9 Å². The quantitative estimate of drug-likeness (QED) is 0.839. The smallest absolute Gasteiger partial charge is 0.244 e.